The van der Waals surface area contributed by atoms with Crippen molar-refractivity contribution < 1.29 is 33.8 Å². The lowest BCUT2D eigenvalue weighted by molar-refractivity contribution is -0.0982. The van der Waals surface area contributed by atoms with Gasteiger partial charge in [-0.15, -0.1) is 0 Å². The Morgan fingerprint density at radius 3 is 2.17 bits per heavy atom. The number of ether oxygens (including phenoxy) is 2. The van der Waals surface area contributed by atoms with Crippen molar-refractivity contribution in [1.29, 1.82) is 0 Å². The summed E-state index contributed by atoms with van der Waals surface area (Å²) in [4.78, 5) is 25.2. The molecule has 0 atom stereocenters. The van der Waals surface area contributed by atoms with Gasteiger partial charge in [0.25, 0.3) is 0 Å². The molecule has 164 valence electrons. The first kappa shape index (κ1) is 23.9. The van der Waals surface area contributed by atoms with E-state index in [0.29, 0.717) is 5.39 Å². The number of aromatic nitrogens is 1. The molecule has 0 unspecified atom stereocenters. The molecule has 2 N–H and O–H groups in total. The van der Waals surface area contributed by atoms with Gasteiger partial charge in [0.15, 0.2) is 0 Å². The average Bonchev–Trinajstić information content (AvgIpc) is 2.98. The summed E-state index contributed by atoms with van der Waals surface area (Å²) in [6.07, 6.45) is 0.653. The Balaban J connectivity index is 2.67. The van der Waals surface area contributed by atoms with E-state index in [2.05, 4.69) is 0 Å². The fourth-order valence-electron chi connectivity index (χ4n) is 2.72. The predicted octanol–water partition coefficient (Wildman–Crippen LogP) is 2.46. The summed E-state index contributed by atoms with van der Waals surface area (Å²) in [7, 11) is -0.238. The molecule has 1 aromatic heterocycles. The molecule has 0 spiro atoms. The average molecular weight is 419 g/mol. The van der Waals surface area contributed by atoms with Crippen LogP contribution in [0.4, 0.5) is 4.79 Å². The second kappa shape index (κ2) is 8.05. The third-order valence-corrected chi connectivity index (χ3v) is 5.00. The topological polar surface area (TPSA) is 107 Å². The van der Waals surface area contributed by atoms with Gasteiger partial charge in [-0.05, 0) is 54.5 Å². The van der Waals surface area contributed by atoms with Gasteiger partial charge in [-0.3, -0.25) is 4.57 Å². The van der Waals surface area contributed by atoms with Crippen LogP contribution in [-0.2, 0) is 14.1 Å². The first-order valence-corrected chi connectivity index (χ1v) is 9.63. The third-order valence-electron chi connectivity index (χ3n) is 5.00. The molecule has 0 radical (unpaired) electrons. The number of aliphatic hydroxyl groups is 1. The Labute approximate surface area is 176 Å². The number of para-hydroxylation sites is 1. The molecule has 0 aliphatic rings. The molecule has 30 heavy (non-hydrogen) atoms. The van der Waals surface area contributed by atoms with Gasteiger partial charge in [-0.1, -0.05) is 12.1 Å². The SMILES string of the molecule is COC(=O)c1cccc2c(B(O)OC(C)(C)C(C)(C)O)cn(C(=O)OC(C)(C)C)c12. The second-order valence-electron chi connectivity index (χ2n) is 9.17. The zero-order valence-corrected chi connectivity index (χ0v) is 18.8. The van der Waals surface area contributed by atoms with Gasteiger partial charge in [0.1, 0.15) is 5.60 Å². The Morgan fingerprint density at radius 1 is 1.07 bits per heavy atom. The molecule has 0 aliphatic heterocycles. The van der Waals surface area contributed by atoms with Gasteiger partial charge in [0.2, 0.25) is 0 Å². The quantitative estimate of drug-likeness (QED) is 0.566. The van der Waals surface area contributed by atoms with E-state index in [1.165, 1.54) is 19.4 Å². The van der Waals surface area contributed by atoms with E-state index < -0.39 is 36.0 Å². The highest BCUT2D eigenvalue weighted by Gasteiger charge is 2.41. The summed E-state index contributed by atoms with van der Waals surface area (Å²) in [6.45, 7) is 11.6. The number of methoxy groups -OCH3 is 1. The maximum atomic E-state index is 12.8. The maximum absolute atomic E-state index is 12.8. The van der Waals surface area contributed by atoms with E-state index >= 15 is 0 Å². The lowest BCUT2D eigenvalue weighted by atomic mass is 9.76. The van der Waals surface area contributed by atoms with Crippen molar-refractivity contribution in [3.8, 4) is 0 Å². The number of benzene rings is 1. The molecule has 8 nitrogen and oxygen atoms in total. The summed E-state index contributed by atoms with van der Waals surface area (Å²) in [5.41, 5.74) is -2.52. The molecule has 0 amide bonds. The van der Waals surface area contributed by atoms with Gasteiger partial charge in [0.05, 0.1) is 29.4 Å². The Bertz CT molecular complexity index is 951. The Hall–Kier alpha value is -2.36. The molecule has 1 aromatic carbocycles. The number of hydrogen-bond donors (Lipinski definition) is 2. The maximum Gasteiger partial charge on any atom is 0.493 e. The van der Waals surface area contributed by atoms with Crippen molar-refractivity contribution in [3.63, 3.8) is 0 Å². The summed E-state index contributed by atoms with van der Waals surface area (Å²) in [5.74, 6) is -0.637. The predicted molar refractivity (Wildman–Crippen MR) is 114 cm³/mol. The van der Waals surface area contributed by atoms with Crippen molar-refractivity contribution in [2.24, 2.45) is 0 Å². The molecule has 0 fully saturated rings. The van der Waals surface area contributed by atoms with E-state index in [-0.39, 0.29) is 16.5 Å². The first-order chi connectivity index (χ1) is 13.6. The summed E-state index contributed by atoms with van der Waals surface area (Å²) in [5, 5.41) is 21.6. The van der Waals surface area contributed by atoms with Gasteiger partial charge in [-0.2, -0.15) is 0 Å². The molecule has 2 aromatic rings. The fourth-order valence-corrected chi connectivity index (χ4v) is 2.72. The molecule has 0 aliphatic carbocycles. The van der Waals surface area contributed by atoms with Gasteiger partial charge < -0.3 is 24.3 Å². The van der Waals surface area contributed by atoms with Crippen molar-refractivity contribution in [1.82, 2.24) is 4.57 Å². The number of fused-ring (bicyclic) bond motifs is 1. The largest absolute Gasteiger partial charge is 0.493 e. The number of hydrogen-bond acceptors (Lipinski definition) is 7. The van der Waals surface area contributed by atoms with E-state index in [9.17, 15) is 19.7 Å². The monoisotopic (exact) mass is 419 g/mol. The first-order valence-electron chi connectivity index (χ1n) is 9.63. The highest BCUT2D eigenvalue weighted by molar-refractivity contribution is 6.63. The van der Waals surface area contributed by atoms with Crippen molar-refractivity contribution in [3.05, 3.63) is 30.0 Å². The standard InChI is InChI=1S/C21H30BNO7/c1-19(2,3)29-18(25)23-12-15(22(27)30-21(6,7)20(4,5)26)13-10-9-11-14(16(13)23)17(24)28-8/h9-12,26-27H,1-8H3. The summed E-state index contributed by atoms with van der Waals surface area (Å²) < 4.78 is 17.2. The Morgan fingerprint density at radius 2 is 1.67 bits per heavy atom. The minimum absolute atomic E-state index is 0.140. The third kappa shape index (κ3) is 4.85. The number of esters is 1. The van der Waals surface area contributed by atoms with E-state index in [4.69, 9.17) is 14.1 Å². The van der Waals surface area contributed by atoms with Crippen LogP contribution >= 0.6 is 0 Å². The van der Waals surface area contributed by atoms with Crippen LogP contribution in [0.15, 0.2) is 24.4 Å². The van der Waals surface area contributed by atoms with Crippen LogP contribution in [0, 0.1) is 0 Å². The second-order valence-corrected chi connectivity index (χ2v) is 9.17. The highest BCUT2D eigenvalue weighted by Crippen LogP contribution is 2.27. The van der Waals surface area contributed by atoms with E-state index in [1.54, 1.807) is 60.6 Å². The van der Waals surface area contributed by atoms with Crippen LogP contribution < -0.4 is 5.46 Å². The van der Waals surface area contributed by atoms with Crippen LogP contribution in [0.25, 0.3) is 10.9 Å². The van der Waals surface area contributed by atoms with E-state index in [1.807, 2.05) is 0 Å². The normalized spacial score (nSPS) is 12.7. The van der Waals surface area contributed by atoms with Crippen LogP contribution in [0.1, 0.15) is 58.8 Å². The summed E-state index contributed by atoms with van der Waals surface area (Å²) in [6, 6.07) is 4.79. The molecule has 0 bridgehead atoms. The van der Waals surface area contributed by atoms with E-state index in [0.717, 1.165) is 4.57 Å². The van der Waals surface area contributed by atoms with Crippen LogP contribution in [0.2, 0.25) is 0 Å². The summed E-state index contributed by atoms with van der Waals surface area (Å²) >= 11 is 0. The van der Waals surface area contributed by atoms with Gasteiger partial charge >= 0.3 is 19.2 Å². The molecular weight excluding hydrogens is 389 g/mol. The molecule has 0 saturated carbocycles. The number of carbonyl (C=O) groups excluding carboxylic acids is 2. The van der Waals surface area contributed by atoms with Crippen molar-refractivity contribution in [2.45, 2.75) is 65.3 Å². The van der Waals surface area contributed by atoms with Crippen LogP contribution in [0.3, 0.4) is 0 Å². The smallest absolute Gasteiger partial charge is 0.465 e. The van der Waals surface area contributed by atoms with Crippen LogP contribution in [0.5, 0.6) is 0 Å². The molecular formula is C21H30BNO7. The van der Waals surface area contributed by atoms with Gasteiger partial charge in [0, 0.05) is 17.0 Å². The fraction of sp³-hybridized carbons (Fsp3) is 0.524. The zero-order chi connectivity index (χ0) is 23.1. The van der Waals surface area contributed by atoms with Gasteiger partial charge in [-0.25, -0.2) is 9.59 Å². The number of nitrogens with zero attached hydrogens (tertiary/aromatic N) is 1. The highest BCUT2D eigenvalue weighted by atomic mass is 16.6. The molecule has 9 heteroatoms. The Kier molecular flexibility index (Phi) is 6.42. The number of carbonyl (C=O) groups is 2. The zero-order valence-electron chi connectivity index (χ0n) is 18.8. The van der Waals surface area contributed by atoms with Crippen LogP contribution in [-0.4, -0.2) is 57.8 Å². The number of rotatable bonds is 5. The minimum atomic E-state index is -1.48. The van der Waals surface area contributed by atoms with Crippen molar-refractivity contribution in [2.75, 3.05) is 7.11 Å². The molecule has 2 rings (SSSR count). The van der Waals surface area contributed by atoms with Crippen molar-refractivity contribution >= 4 is 35.5 Å². The molecule has 0 saturated heterocycles. The minimum Gasteiger partial charge on any atom is -0.465 e. The molecule has 1 heterocycles. The lowest BCUT2D eigenvalue weighted by Crippen LogP contribution is -2.53. The lowest BCUT2D eigenvalue weighted by Gasteiger charge is -2.38.